The Labute approximate surface area is 137 Å². The van der Waals surface area contributed by atoms with Crippen molar-refractivity contribution in [1.82, 2.24) is 16.0 Å². The smallest absolute Gasteiger partial charge is 0.222 e. The van der Waals surface area contributed by atoms with Crippen LogP contribution in [-0.2, 0) is 9.59 Å². The van der Waals surface area contributed by atoms with E-state index >= 15 is 0 Å². The van der Waals surface area contributed by atoms with Crippen molar-refractivity contribution in [2.45, 2.75) is 38.3 Å². The van der Waals surface area contributed by atoms with Crippen LogP contribution in [0.4, 0.5) is 0 Å². The number of piperidine rings is 1. The Morgan fingerprint density at radius 1 is 1.32 bits per heavy atom. The van der Waals surface area contributed by atoms with Crippen LogP contribution in [0.5, 0.6) is 0 Å². The molecule has 1 heterocycles. The fourth-order valence-electron chi connectivity index (χ4n) is 2.63. The van der Waals surface area contributed by atoms with Gasteiger partial charge in [0.15, 0.2) is 0 Å². The first-order valence-corrected chi connectivity index (χ1v) is 7.47. The Morgan fingerprint density at radius 3 is 2.64 bits per heavy atom. The summed E-state index contributed by atoms with van der Waals surface area (Å²) in [4.78, 5) is 23.5. The Kier molecular flexibility index (Phi) is 7.91. The number of halogens is 1. The van der Waals surface area contributed by atoms with Crippen molar-refractivity contribution < 1.29 is 9.59 Å². The molecule has 122 valence electrons. The molecule has 1 aromatic rings. The van der Waals surface area contributed by atoms with Crippen LogP contribution in [0.1, 0.15) is 37.8 Å². The van der Waals surface area contributed by atoms with E-state index in [2.05, 4.69) is 16.0 Å². The number of nitrogens with one attached hydrogen (secondary N) is 3. The van der Waals surface area contributed by atoms with Gasteiger partial charge in [0, 0.05) is 19.5 Å². The zero-order valence-electron chi connectivity index (χ0n) is 12.8. The topological polar surface area (TPSA) is 70.2 Å². The lowest BCUT2D eigenvalue weighted by molar-refractivity contribution is -0.123. The number of amides is 2. The third-order valence-electron chi connectivity index (χ3n) is 3.63. The van der Waals surface area contributed by atoms with Crippen LogP contribution in [0.3, 0.4) is 0 Å². The van der Waals surface area contributed by atoms with Crippen molar-refractivity contribution >= 4 is 24.2 Å². The van der Waals surface area contributed by atoms with E-state index in [1.54, 1.807) is 0 Å². The maximum atomic E-state index is 12.2. The molecule has 0 radical (unpaired) electrons. The van der Waals surface area contributed by atoms with Gasteiger partial charge in [-0.2, -0.15) is 0 Å². The van der Waals surface area contributed by atoms with Crippen molar-refractivity contribution in [3.8, 4) is 0 Å². The van der Waals surface area contributed by atoms with Crippen LogP contribution in [0, 0.1) is 0 Å². The molecule has 1 saturated heterocycles. The van der Waals surface area contributed by atoms with Crippen molar-refractivity contribution in [3.05, 3.63) is 35.9 Å². The van der Waals surface area contributed by atoms with Crippen LogP contribution in [0.15, 0.2) is 30.3 Å². The standard InChI is InChI=1S/C16H23N3O2.ClH/c1-12(20)18-15(13-6-3-2-4-7-13)10-16(21)19-14-8-5-9-17-11-14;/h2-4,6-7,14-15,17H,5,8-11H2,1H3,(H,18,20)(H,19,21);1H. The minimum absolute atomic E-state index is 0. The first kappa shape index (κ1) is 18.5. The van der Waals surface area contributed by atoms with E-state index in [0.717, 1.165) is 31.5 Å². The van der Waals surface area contributed by atoms with E-state index in [1.807, 2.05) is 30.3 Å². The SMILES string of the molecule is CC(=O)NC(CC(=O)NC1CCCNC1)c1ccccc1.Cl. The molecule has 6 heteroatoms. The molecule has 3 N–H and O–H groups in total. The van der Waals surface area contributed by atoms with E-state index in [0.29, 0.717) is 0 Å². The first-order chi connectivity index (χ1) is 10.1. The lowest BCUT2D eigenvalue weighted by Crippen LogP contribution is -2.46. The Balaban J connectivity index is 0.00000242. The van der Waals surface area contributed by atoms with E-state index in [9.17, 15) is 9.59 Å². The summed E-state index contributed by atoms with van der Waals surface area (Å²) < 4.78 is 0. The van der Waals surface area contributed by atoms with Crippen LogP contribution in [-0.4, -0.2) is 30.9 Å². The highest BCUT2D eigenvalue weighted by atomic mass is 35.5. The Morgan fingerprint density at radius 2 is 2.05 bits per heavy atom. The highest BCUT2D eigenvalue weighted by Crippen LogP contribution is 2.16. The minimum Gasteiger partial charge on any atom is -0.352 e. The van der Waals surface area contributed by atoms with E-state index in [4.69, 9.17) is 0 Å². The summed E-state index contributed by atoms with van der Waals surface area (Å²) in [5, 5.41) is 9.16. The van der Waals surface area contributed by atoms with Crippen molar-refractivity contribution in [1.29, 1.82) is 0 Å². The van der Waals surface area contributed by atoms with Gasteiger partial charge < -0.3 is 16.0 Å². The second-order valence-electron chi connectivity index (χ2n) is 5.48. The van der Waals surface area contributed by atoms with Crippen LogP contribution in [0.2, 0.25) is 0 Å². The van der Waals surface area contributed by atoms with Crippen LogP contribution in [0.25, 0.3) is 0 Å². The first-order valence-electron chi connectivity index (χ1n) is 7.47. The molecule has 0 aliphatic carbocycles. The molecule has 5 nitrogen and oxygen atoms in total. The minimum atomic E-state index is -0.278. The van der Waals surface area contributed by atoms with E-state index < -0.39 is 0 Å². The van der Waals surface area contributed by atoms with Gasteiger partial charge in [0.1, 0.15) is 0 Å². The average Bonchev–Trinajstić information content (AvgIpc) is 2.48. The zero-order chi connectivity index (χ0) is 15.1. The maximum absolute atomic E-state index is 12.2. The number of carbonyl (C=O) groups is 2. The number of hydrogen-bond acceptors (Lipinski definition) is 3. The van der Waals surface area contributed by atoms with E-state index in [1.165, 1.54) is 6.92 Å². The van der Waals surface area contributed by atoms with Crippen LogP contribution < -0.4 is 16.0 Å². The molecule has 2 unspecified atom stereocenters. The molecule has 0 spiro atoms. The Bertz CT molecular complexity index is 476. The summed E-state index contributed by atoms with van der Waals surface area (Å²) in [6, 6.07) is 9.51. The molecule has 2 amide bonds. The molecule has 0 saturated carbocycles. The molecule has 2 rings (SSSR count). The van der Waals surface area contributed by atoms with Gasteiger partial charge in [-0.15, -0.1) is 12.4 Å². The summed E-state index contributed by atoms with van der Waals surface area (Å²) in [5.74, 6) is -0.151. The number of rotatable bonds is 5. The molecule has 1 aromatic carbocycles. The van der Waals surface area contributed by atoms with Gasteiger partial charge in [-0.3, -0.25) is 9.59 Å². The number of hydrogen-bond donors (Lipinski definition) is 3. The summed E-state index contributed by atoms with van der Waals surface area (Å²) >= 11 is 0. The fourth-order valence-corrected chi connectivity index (χ4v) is 2.63. The van der Waals surface area contributed by atoms with Gasteiger partial charge >= 0.3 is 0 Å². The van der Waals surface area contributed by atoms with Gasteiger partial charge in [0.05, 0.1) is 12.5 Å². The molecule has 1 aliphatic heterocycles. The van der Waals surface area contributed by atoms with Crippen molar-refractivity contribution in [3.63, 3.8) is 0 Å². The fraction of sp³-hybridized carbons (Fsp3) is 0.500. The monoisotopic (exact) mass is 325 g/mol. The van der Waals surface area contributed by atoms with Gasteiger partial charge in [-0.1, -0.05) is 30.3 Å². The third kappa shape index (κ3) is 6.03. The second-order valence-corrected chi connectivity index (χ2v) is 5.48. The molecule has 22 heavy (non-hydrogen) atoms. The normalized spacial score (nSPS) is 18.7. The molecule has 2 atom stereocenters. The quantitative estimate of drug-likeness (QED) is 0.769. The van der Waals surface area contributed by atoms with Gasteiger partial charge in [0.25, 0.3) is 0 Å². The lowest BCUT2D eigenvalue weighted by atomic mass is 10.0. The highest BCUT2D eigenvalue weighted by Gasteiger charge is 2.20. The second kappa shape index (κ2) is 9.43. The third-order valence-corrected chi connectivity index (χ3v) is 3.63. The van der Waals surface area contributed by atoms with Gasteiger partial charge in [0.2, 0.25) is 11.8 Å². The largest absolute Gasteiger partial charge is 0.352 e. The predicted molar refractivity (Wildman–Crippen MR) is 88.9 cm³/mol. The highest BCUT2D eigenvalue weighted by molar-refractivity contribution is 5.85. The number of carbonyl (C=O) groups excluding carboxylic acids is 2. The average molecular weight is 326 g/mol. The molecule has 0 bridgehead atoms. The van der Waals surface area contributed by atoms with Gasteiger partial charge in [-0.05, 0) is 24.9 Å². The lowest BCUT2D eigenvalue weighted by Gasteiger charge is -2.25. The molecule has 1 fully saturated rings. The van der Waals surface area contributed by atoms with Crippen molar-refractivity contribution in [2.24, 2.45) is 0 Å². The molecular weight excluding hydrogens is 302 g/mol. The summed E-state index contributed by atoms with van der Waals surface area (Å²) in [7, 11) is 0. The van der Waals surface area contributed by atoms with Crippen molar-refractivity contribution in [2.75, 3.05) is 13.1 Å². The molecule has 1 aliphatic rings. The predicted octanol–water partition coefficient (Wildman–Crippen LogP) is 1.54. The summed E-state index contributed by atoms with van der Waals surface area (Å²) in [6.45, 7) is 3.31. The summed E-state index contributed by atoms with van der Waals surface area (Å²) in [5.41, 5.74) is 0.949. The van der Waals surface area contributed by atoms with Gasteiger partial charge in [-0.25, -0.2) is 0 Å². The maximum Gasteiger partial charge on any atom is 0.222 e. The van der Waals surface area contributed by atoms with Crippen LogP contribution >= 0.6 is 12.4 Å². The molecular formula is C16H24ClN3O2. The number of benzene rings is 1. The summed E-state index contributed by atoms with van der Waals surface area (Å²) in [6.07, 6.45) is 2.35. The molecule has 0 aromatic heterocycles. The zero-order valence-corrected chi connectivity index (χ0v) is 13.6. The van der Waals surface area contributed by atoms with E-state index in [-0.39, 0.29) is 42.7 Å². The Hall–Kier alpha value is -1.59.